The Morgan fingerprint density at radius 1 is 1.03 bits per heavy atom. The number of rotatable bonds is 7. The number of esters is 1. The van der Waals surface area contributed by atoms with Crippen molar-refractivity contribution in [2.45, 2.75) is 129 Å². The summed E-state index contributed by atoms with van der Waals surface area (Å²) in [4.78, 5) is 14.1. The number of hydrogen-bond donors (Lipinski definition) is 1. The molecule has 2 spiro atoms. The van der Waals surface area contributed by atoms with Crippen LogP contribution >= 0.6 is 0 Å². The lowest BCUT2D eigenvalue weighted by Gasteiger charge is -2.58. The molecule has 6 nitrogen and oxygen atoms in total. The SMILES string of the molecule is CC(=O)O[C@@H]([C@H]1CCC2[C@H]3CC[C@@]45C[C@@]46CC[C@H](OCCN(C)C)C(C)(C)C6CC[C@H]5C3C[C@H]2O1)C(C)(C)O. The van der Waals surface area contributed by atoms with Crippen LogP contribution in [-0.4, -0.2) is 73.2 Å². The van der Waals surface area contributed by atoms with E-state index in [1.807, 2.05) is 0 Å². The second-order valence-corrected chi connectivity index (χ2v) is 16.0. The van der Waals surface area contributed by atoms with Crippen molar-refractivity contribution in [3.05, 3.63) is 0 Å². The first-order valence-electron chi connectivity index (χ1n) is 16.1. The van der Waals surface area contributed by atoms with E-state index in [-0.39, 0.29) is 23.6 Å². The lowest BCUT2D eigenvalue weighted by molar-refractivity contribution is -0.198. The van der Waals surface area contributed by atoms with Crippen LogP contribution in [0.1, 0.15) is 98.8 Å². The maximum absolute atomic E-state index is 11.8. The topological polar surface area (TPSA) is 68.2 Å². The summed E-state index contributed by atoms with van der Waals surface area (Å²) in [6.45, 7) is 11.8. The Bertz CT molecular complexity index is 943. The highest BCUT2D eigenvalue weighted by atomic mass is 16.6. The summed E-state index contributed by atoms with van der Waals surface area (Å²) in [5.74, 6) is 3.49. The molecule has 1 saturated heterocycles. The molecule has 6 fully saturated rings. The molecule has 3 unspecified atom stereocenters. The molecule has 1 heterocycles. The summed E-state index contributed by atoms with van der Waals surface area (Å²) in [6.07, 6.45) is 12.6. The van der Waals surface area contributed by atoms with Crippen molar-refractivity contribution in [3.63, 3.8) is 0 Å². The van der Waals surface area contributed by atoms with Crippen LogP contribution in [0, 0.1) is 45.8 Å². The average Bonchev–Trinajstić information content (AvgIpc) is 3.35. The summed E-state index contributed by atoms with van der Waals surface area (Å²) in [6, 6.07) is 0. The number of fused-ring (bicyclic) bond motifs is 4. The van der Waals surface area contributed by atoms with E-state index in [0.29, 0.717) is 22.9 Å². The Morgan fingerprint density at radius 3 is 2.46 bits per heavy atom. The zero-order chi connectivity index (χ0) is 28.0. The Kier molecular flexibility index (Phi) is 7.05. The van der Waals surface area contributed by atoms with E-state index >= 15 is 0 Å². The Labute approximate surface area is 236 Å². The van der Waals surface area contributed by atoms with Crippen LogP contribution in [0.15, 0.2) is 0 Å². The predicted molar refractivity (Wildman–Crippen MR) is 151 cm³/mol. The number of likely N-dealkylation sites (N-methyl/N-ethyl adjacent to an activating group) is 1. The van der Waals surface area contributed by atoms with Crippen LogP contribution < -0.4 is 0 Å². The fourth-order valence-corrected chi connectivity index (χ4v) is 11.6. The highest BCUT2D eigenvalue weighted by Gasteiger charge is 2.79. The van der Waals surface area contributed by atoms with Gasteiger partial charge < -0.3 is 24.2 Å². The molecule has 6 aliphatic rings. The van der Waals surface area contributed by atoms with Gasteiger partial charge in [-0.3, -0.25) is 4.79 Å². The molecule has 6 rings (SSSR count). The molecule has 0 aromatic heterocycles. The van der Waals surface area contributed by atoms with Crippen molar-refractivity contribution >= 4 is 5.97 Å². The lowest BCUT2D eigenvalue weighted by Crippen LogP contribution is -2.53. The van der Waals surface area contributed by atoms with Gasteiger partial charge in [0, 0.05) is 13.5 Å². The zero-order valence-electron chi connectivity index (χ0n) is 25.7. The smallest absolute Gasteiger partial charge is 0.303 e. The van der Waals surface area contributed by atoms with Gasteiger partial charge in [-0.15, -0.1) is 0 Å². The third-order valence-corrected chi connectivity index (χ3v) is 13.1. The number of hydrogen-bond acceptors (Lipinski definition) is 6. The average molecular weight is 546 g/mol. The maximum Gasteiger partial charge on any atom is 0.303 e. The van der Waals surface area contributed by atoms with Gasteiger partial charge >= 0.3 is 5.97 Å². The Morgan fingerprint density at radius 2 is 1.77 bits per heavy atom. The molecule has 222 valence electrons. The fraction of sp³-hybridized carbons (Fsp3) is 0.970. The standard InChI is InChI=1S/C33H55NO5/c1-20(35)38-29(31(4,5)36)25-10-8-22-21-12-14-32-19-33(32)15-13-28(37-17-16-34(6)7)30(2,3)27(33)11-9-24(32)23(21)18-26(22)39-25/h21-29,36H,8-19H2,1-7H3/t21-,22?,23?,24+,25-,26-,27?,28+,29+,32+,33-/m1/s1. The third-order valence-electron chi connectivity index (χ3n) is 13.1. The van der Waals surface area contributed by atoms with Crippen LogP contribution in [-0.2, 0) is 19.0 Å². The minimum absolute atomic E-state index is 0.212. The van der Waals surface area contributed by atoms with Crippen LogP contribution in [0.5, 0.6) is 0 Å². The number of carbonyl (C=O) groups excluding carboxylic acids is 1. The third kappa shape index (κ3) is 4.44. The Hall–Kier alpha value is -0.690. The summed E-state index contributed by atoms with van der Waals surface area (Å²) in [5.41, 5.74) is 0.241. The number of carbonyl (C=O) groups is 1. The van der Waals surface area contributed by atoms with E-state index in [2.05, 4.69) is 32.8 Å². The second kappa shape index (κ2) is 9.67. The van der Waals surface area contributed by atoms with E-state index in [0.717, 1.165) is 56.1 Å². The van der Waals surface area contributed by atoms with Gasteiger partial charge in [0.15, 0.2) is 6.10 Å². The minimum atomic E-state index is -1.11. The van der Waals surface area contributed by atoms with Crippen molar-refractivity contribution in [3.8, 4) is 0 Å². The molecule has 1 N–H and O–H groups in total. The number of ether oxygens (including phenoxy) is 3. The maximum atomic E-state index is 11.8. The van der Waals surface area contributed by atoms with Crippen molar-refractivity contribution in [1.82, 2.24) is 4.90 Å². The zero-order valence-corrected chi connectivity index (χ0v) is 25.7. The van der Waals surface area contributed by atoms with Crippen LogP contribution in [0.4, 0.5) is 0 Å². The van der Waals surface area contributed by atoms with Crippen LogP contribution in [0.3, 0.4) is 0 Å². The van der Waals surface area contributed by atoms with Gasteiger partial charge in [0.25, 0.3) is 0 Å². The molecular weight excluding hydrogens is 490 g/mol. The summed E-state index contributed by atoms with van der Waals surface area (Å²) < 4.78 is 19.0. The fourth-order valence-electron chi connectivity index (χ4n) is 11.6. The van der Waals surface area contributed by atoms with E-state index < -0.39 is 11.7 Å². The second-order valence-electron chi connectivity index (χ2n) is 16.0. The van der Waals surface area contributed by atoms with Gasteiger partial charge in [-0.25, -0.2) is 0 Å². The molecule has 39 heavy (non-hydrogen) atoms. The van der Waals surface area contributed by atoms with Gasteiger partial charge in [0.2, 0.25) is 0 Å². The van der Waals surface area contributed by atoms with Crippen molar-refractivity contribution < 1.29 is 24.1 Å². The molecule has 0 radical (unpaired) electrons. The first-order valence-corrected chi connectivity index (χ1v) is 16.1. The van der Waals surface area contributed by atoms with E-state index in [1.54, 1.807) is 13.8 Å². The summed E-state index contributed by atoms with van der Waals surface area (Å²) >= 11 is 0. The molecule has 1 aliphatic heterocycles. The first kappa shape index (κ1) is 28.4. The largest absolute Gasteiger partial charge is 0.457 e. The highest BCUT2D eigenvalue weighted by molar-refractivity contribution is 5.66. The van der Waals surface area contributed by atoms with Gasteiger partial charge in [-0.05, 0) is 138 Å². The lowest BCUT2D eigenvalue weighted by atomic mass is 9.48. The molecule has 11 atom stereocenters. The van der Waals surface area contributed by atoms with Gasteiger partial charge in [-0.1, -0.05) is 13.8 Å². The van der Waals surface area contributed by atoms with Gasteiger partial charge in [0.05, 0.1) is 30.5 Å². The molecule has 5 saturated carbocycles. The monoisotopic (exact) mass is 545 g/mol. The van der Waals surface area contributed by atoms with Gasteiger partial charge in [-0.2, -0.15) is 0 Å². The quantitative estimate of drug-likeness (QED) is 0.429. The van der Waals surface area contributed by atoms with E-state index in [9.17, 15) is 9.90 Å². The normalized spacial score (nSPS) is 46.8. The highest BCUT2D eigenvalue weighted by Crippen LogP contribution is 2.86. The predicted octanol–water partition coefficient (Wildman–Crippen LogP) is 5.45. The van der Waals surface area contributed by atoms with Crippen molar-refractivity contribution in [2.24, 2.45) is 45.8 Å². The summed E-state index contributed by atoms with van der Waals surface area (Å²) in [5, 5.41) is 10.8. The first-order chi connectivity index (χ1) is 18.3. The molecule has 0 aromatic rings. The molecule has 6 heteroatoms. The molecule has 5 aliphatic carbocycles. The van der Waals surface area contributed by atoms with Crippen molar-refractivity contribution in [2.75, 3.05) is 27.2 Å². The Balaban J connectivity index is 1.16. The van der Waals surface area contributed by atoms with Crippen molar-refractivity contribution in [1.29, 1.82) is 0 Å². The van der Waals surface area contributed by atoms with Crippen LogP contribution in [0.25, 0.3) is 0 Å². The number of nitrogens with zero attached hydrogens (tertiary/aromatic N) is 1. The summed E-state index contributed by atoms with van der Waals surface area (Å²) in [7, 11) is 4.26. The molecule has 0 amide bonds. The molecule has 0 bridgehead atoms. The van der Waals surface area contributed by atoms with Crippen LogP contribution in [0.2, 0.25) is 0 Å². The molecule has 0 aromatic carbocycles. The number of aliphatic hydroxyl groups is 1. The minimum Gasteiger partial charge on any atom is -0.457 e. The molecular formula is C33H55NO5. The van der Waals surface area contributed by atoms with Gasteiger partial charge in [0.1, 0.15) is 0 Å². The van der Waals surface area contributed by atoms with E-state index in [4.69, 9.17) is 14.2 Å². The van der Waals surface area contributed by atoms with E-state index in [1.165, 1.54) is 51.9 Å².